The van der Waals surface area contributed by atoms with Crippen LogP contribution >= 0.6 is 22.9 Å². The lowest BCUT2D eigenvalue weighted by molar-refractivity contribution is 0.358. The molecular formula is C10H17ClN2S. The van der Waals surface area contributed by atoms with E-state index in [0.29, 0.717) is 16.6 Å². The average Bonchev–Trinajstić information content (AvgIpc) is 2.30. The second-order valence-electron chi connectivity index (χ2n) is 4.79. The minimum Gasteiger partial charge on any atom is -0.359 e. The van der Waals surface area contributed by atoms with Crippen LogP contribution in [0.3, 0.4) is 0 Å². The third-order valence-electron chi connectivity index (χ3n) is 1.76. The SMILES string of the molecule is CC(CC(C)(C)C)Nc1nc(Cl)cs1. The smallest absolute Gasteiger partial charge is 0.184 e. The third kappa shape index (κ3) is 4.29. The van der Waals surface area contributed by atoms with Gasteiger partial charge in [0.25, 0.3) is 0 Å². The lowest BCUT2D eigenvalue weighted by atomic mass is 9.89. The summed E-state index contributed by atoms with van der Waals surface area (Å²) in [6, 6.07) is 0.428. The monoisotopic (exact) mass is 232 g/mol. The average molecular weight is 233 g/mol. The molecular weight excluding hydrogens is 216 g/mol. The van der Waals surface area contributed by atoms with Crippen molar-refractivity contribution in [1.82, 2.24) is 4.98 Å². The molecule has 0 amide bonds. The van der Waals surface area contributed by atoms with Crippen molar-refractivity contribution < 1.29 is 0 Å². The minimum absolute atomic E-state index is 0.341. The number of hydrogen-bond acceptors (Lipinski definition) is 3. The van der Waals surface area contributed by atoms with E-state index < -0.39 is 0 Å². The van der Waals surface area contributed by atoms with Crippen molar-refractivity contribution in [2.45, 2.75) is 40.2 Å². The Balaban J connectivity index is 2.45. The molecule has 1 aromatic heterocycles. The molecule has 0 aliphatic heterocycles. The minimum atomic E-state index is 0.341. The predicted octanol–water partition coefficient (Wildman–Crippen LogP) is 4.03. The van der Waals surface area contributed by atoms with Crippen molar-refractivity contribution in [2.75, 3.05) is 5.32 Å². The number of hydrogen-bond donors (Lipinski definition) is 1. The number of aromatic nitrogens is 1. The van der Waals surface area contributed by atoms with Crippen LogP contribution in [0.25, 0.3) is 0 Å². The van der Waals surface area contributed by atoms with Gasteiger partial charge in [0, 0.05) is 11.4 Å². The van der Waals surface area contributed by atoms with Gasteiger partial charge in [-0.1, -0.05) is 32.4 Å². The Hall–Kier alpha value is -0.280. The van der Waals surface area contributed by atoms with Crippen LogP contribution in [0.4, 0.5) is 5.13 Å². The van der Waals surface area contributed by atoms with Crippen molar-refractivity contribution in [1.29, 1.82) is 0 Å². The summed E-state index contributed by atoms with van der Waals surface area (Å²) >= 11 is 7.29. The number of nitrogens with one attached hydrogen (secondary N) is 1. The fourth-order valence-corrected chi connectivity index (χ4v) is 2.45. The molecule has 1 atom stereocenters. The number of anilines is 1. The van der Waals surface area contributed by atoms with Gasteiger partial charge in [-0.25, -0.2) is 4.98 Å². The summed E-state index contributed by atoms with van der Waals surface area (Å²) in [5.41, 5.74) is 0.341. The van der Waals surface area contributed by atoms with E-state index in [1.54, 1.807) is 11.3 Å². The maximum absolute atomic E-state index is 5.74. The maximum atomic E-state index is 5.74. The topological polar surface area (TPSA) is 24.9 Å². The molecule has 0 aromatic carbocycles. The Bertz CT molecular complexity index is 291. The van der Waals surface area contributed by atoms with E-state index in [-0.39, 0.29) is 0 Å². The molecule has 0 bridgehead atoms. The molecule has 0 fully saturated rings. The number of thiazole rings is 1. The quantitative estimate of drug-likeness (QED) is 0.851. The molecule has 1 heterocycles. The van der Waals surface area contributed by atoms with Gasteiger partial charge in [-0.05, 0) is 18.8 Å². The zero-order valence-electron chi connectivity index (χ0n) is 9.10. The highest BCUT2D eigenvalue weighted by Crippen LogP contribution is 2.24. The summed E-state index contributed by atoms with van der Waals surface area (Å²) in [5, 5.41) is 6.66. The van der Waals surface area contributed by atoms with Crippen molar-refractivity contribution in [3.05, 3.63) is 10.5 Å². The summed E-state index contributed by atoms with van der Waals surface area (Å²) in [6.45, 7) is 8.88. The maximum Gasteiger partial charge on any atom is 0.184 e. The molecule has 1 N–H and O–H groups in total. The molecule has 4 heteroatoms. The van der Waals surface area contributed by atoms with Gasteiger partial charge >= 0.3 is 0 Å². The first-order valence-corrected chi connectivity index (χ1v) is 6.00. The van der Waals surface area contributed by atoms with E-state index in [1.165, 1.54) is 0 Å². The molecule has 80 valence electrons. The van der Waals surface area contributed by atoms with Gasteiger partial charge in [-0.3, -0.25) is 0 Å². The Morgan fingerprint density at radius 3 is 2.64 bits per heavy atom. The lowest BCUT2D eigenvalue weighted by Gasteiger charge is -2.23. The fraction of sp³-hybridized carbons (Fsp3) is 0.700. The molecule has 0 radical (unpaired) electrons. The van der Waals surface area contributed by atoms with E-state index >= 15 is 0 Å². The van der Waals surface area contributed by atoms with E-state index in [0.717, 1.165) is 11.6 Å². The number of halogens is 1. The van der Waals surface area contributed by atoms with Gasteiger partial charge in [-0.15, -0.1) is 11.3 Å². The Labute approximate surface area is 94.7 Å². The Morgan fingerprint density at radius 2 is 2.21 bits per heavy atom. The van der Waals surface area contributed by atoms with Crippen molar-refractivity contribution in [2.24, 2.45) is 5.41 Å². The molecule has 0 saturated heterocycles. The van der Waals surface area contributed by atoms with Crippen LogP contribution in [0.2, 0.25) is 5.15 Å². The number of rotatable bonds is 3. The second kappa shape index (κ2) is 4.49. The van der Waals surface area contributed by atoms with Gasteiger partial charge in [0.2, 0.25) is 0 Å². The zero-order valence-corrected chi connectivity index (χ0v) is 10.7. The van der Waals surface area contributed by atoms with Gasteiger partial charge in [0.1, 0.15) is 5.15 Å². The van der Waals surface area contributed by atoms with Crippen LogP contribution in [0, 0.1) is 5.41 Å². The van der Waals surface area contributed by atoms with Crippen LogP contribution in [-0.4, -0.2) is 11.0 Å². The van der Waals surface area contributed by atoms with Crippen LogP contribution in [0.15, 0.2) is 5.38 Å². The molecule has 1 aromatic rings. The van der Waals surface area contributed by atoms with E-state index in [2.05, 4.69) is 38.0 Å². The van der Waals surface area contributed by atoms with Gasteiger partial charge < -0.3 is 5.32 Å². The third-order valence-corrected chi connectivity index (χ3v) is 2.86. The summed E-state index contributed by atoms with van der Waals surface area (Å²) in [4.78, 5) is 4.15. The largest absolute Gasteiger partial charge is 0.359 e. The van der Waals surface area contributed by atoms with Crippen LogP contribution < -0.4 is 5.32 Å². The summed E-state index contributed by atoms with van der Waals surface area (Å²) in [5.74, 6) is 0. The molecule has 0 spiro atoms. The molecule has 0 aliphatic carbocycles. The normalized spacial score (nSPS) is 14.1. The number of nitrogens with zero attached hydrogens (tertiary/aromatic N) is 1. The first-order chi connectivity index (χ1) is 6.37. The zero-order chi connectivity index (χ0) is 10.8. The Kier molecular flexibility index (Phi) is 3.78. The van der Waals surface area contributed by atoms with E-state index in [1.807, 2.05) is 5.38 Å². The van der Waals surface area contributed by atoms with Crippen LogP contribution in [0.5, 0.6) is 0 Å². The summed E-state index contributed by atoms with van der Waals surface area (Å²) in [6.07, 6.45) is 1.12. The molecule has 14 heavy (non-hydrogen) atoms. The standard InChI is InChI=1S/C10H17ClN2S/c1-7(5-10(2,3)4)12-9-13-8(11)6-14-9/h6-7H,5H2,1-4H3,(H,12,13). The lowest BCUT2D eigenvalue weighted by Crippen LogP contribution is -2.22. The molecule has 2 nitrogen and oxygen atoms in total. The van der Waals surface area contributed by atoms with Crippen molar-refractivity contribution in [3.8, 4) is 0 Å². The summed E-state index contributed by atoms with van der Waals surface area (Å²) in [7, 11) is 0. The highest BCUT2D eigenvalue weighted by atomic mass is 35.5. The second-order valence-corrected chi connectivity index (χ2v) is 6.03. The van der Waals surface area contributed by atoms with Gasteiger partial charge in [0.15, 0.2) is 5.13 Å². The predicted molar refractivity (Wildman–Crippen MR) is 64.3 cm³/mol. The molecule has 1 unspecified atom stereocenters. The first kappa shape index (κ1) is 11.8. The van der Waals surface area contributed by atoms with E-state index in [9.17, 15) is 0 Å². The van der Waals surface area contributed by atoms with Crippen molar-refractivity contribution in [3.63, 3.8) is 0 Å². The van der Waals surface area contributed by atoms with Gasteiger partial charge in [0.05, 0.1) is 0 Å². The highest BCUT2D eigenvalue weighted by Gasteiger charge is 2.15. The van der Waals surface area contributed by atoms with Gasteiger partial charge in [-0.2, -0.15) is 0 Å². The fourth-order valence-electron chi connectivity index (χ4n) is 1.50. The van der Waals surface area contributed by atoms with Crippen LogP contribution in [0.1, 0.15) is 34.1 Å². The van der Waals surface area contributed by atoms with Crippen LogP contribution in [-0.2, 0) is 0 Å². The highest BCUT2D eigenvalue weighted by molar-refractivity contribution is 7.14. The summed E-state index contributed by atoms with van der Waals surface area (Å²) < 4.78 is 0. The molecule has 0 saturated carbocycles. The van der Waals surface area contributed by atoms with Crippen molar-refractivity contribution >= 4 is 28.1 Å². The molecule has 1 rings (SSSR count). The molecule has 0 aliphatic rings. The first-order valence-electron chi connectivity index (χ1n) is 4.74. The Morgan fingerprint density at radius 1 is 1.57 bits per heavy atom. The van der Waals surface area contributed by atoms with E-state index in [4.69, 9.17) is 11.6 Å².